The summed E-state index contributed by atoms with van der Waals surface area (Å²) in [4.78, 5) is 10.1. The molecular weight excluding hydrogens is 262 g/mol. The quantitative estimate of drug-likeness (QED) is 0.804. The molecule has 21 heavy (non-hydrogen) atoms. The summed E-state index contributed by atoms with van der Waals surface area (Å²) in [6.45, 7) is 11.0. The van der Waals surface area contributed by atoms with Gasteiger partial charge in [-0.3, -0.25) is 0 Å². The Kier molecular flexibility index (Phi) is 3.74. The Bertz CT molecular complexity index is 660. The second-order valence-corrected chi connectivity index (χ2v) is 5.25. The lowest BCUT2D eigenvalue weighted by atomic mass is 10.2. The van der Waals surface area contributed by atoms with E-state index >= 15 is 0 Å². The fourth-order valence-electron chi connectivity index (χ4n) is 2.56. The summed E-state index contributed by atoms with van der Waals surface area (Å²) in [5.74, 6) is 0.672. The number of rotatable bonds is 3. The molecule has 106 valence electrons. The van der Waals surface area contributed by atoms with E-state index < -0.39 is 0 Å². The lowest BCUT2D eigenvalue weighted by Crippen LogP contribution is -2.24. The first-order valence-corrected chi connectivity index (χ1v) is 7.07. The summed E-state index contributed by atoms with van der Waals surface area (Å²) in [6, 6.07) is 11.6. The molecule has 0 bridgehead atoms. The molecule has 0 saturated carbocycles. The highest BCUT2D eigenvalue weighted by atomic mass is 16.5. The van der Waals surface area contributed by atoms with Gasteiger partial charge in [0.15, 0.2) is 0 Å². The molecule has 0 amide bonds. The van der Waals surface area contributed by atoms with E-state index in [-0.39, 0.29) is 6.10 Å². The van der Waals surface area contributed by atoms with Crippen molar-refractivity contribution in [1.29, 1.82) is 0 Å². The molecule has 1 saturated heterocycles. The van der Waals surface area contributed by atoms with Crippen molar-refractivity contribution in [2.24, 2.45) is 0 Å². The molecule has 2 heterocycles. The van der Waals surface area contributed by atoms with Gasteiger partial charge in [-0.15, -0.1) is 0 Å². The summed E-state index contributed by atoms with van der Waals surface area (Å²) in [5.41, 5.74) is 2.82. The van der Waals surface area contributed by atoms with Crippen molar-refractivity contribution >= 4 is 11.4 Å². The van der Waals surface area contributed by atoms with Crippen LogP contribution in [0.4, 0.5) is 11.4 Å². The fraction of sp³-hybridized carbons (Fsp3) is 0.294. The Morgan fingerprint density at radius 2 is 2.14 bits per heavy atom. The maximum atomic E-state index is 7.26. The lowest BCUT2D eigenvalue weighted by Gasteiger charge is -2.20. The van der Waals surface area contributed by atoms with Crippen LogP contribution in [0, 0.1) is 13.5 Å². The Morgan fingerprint density at radius 1 is 1.29 bits per heavy atom. The third-order valence-electron chi connectivity index (χ3n) is 3.66. The molecule has 1 aromatic heterocycles. The van der Waals surface area contributed by atoms with Crippen molar-refractivity contribution in [3.63, 3.8) is 0 Å². The first kappa shape index (κ1) is 13.4. The summed E-state index contributed by atoms with van der Waals surface area (Å²) >= 11 is 0. The van der Waals surface area contributed by atoms with Crippen LogP contribution in [0.2, 0.25) is 0 Å². The maximum absolute atomic E-state index is 7.26. The number of ether oxygens (including phenoxy) is 1. The maximum Gasteiger partial charge on any atom is 0.213 e. The number of benzene rings is 1. The van der Waals surface area contributed by atoms with Crippen LogP contribution in [0.15, 0.2) is 42.6 Å². The normalized spacial score (nSPS) is 17.5. The number of anilines is 1. The van der Waals surface area contributed by atoms with Crippen molar-refractivity contribution in [2.45, 2.75) is 19.4 Å². The van der Waals surface area contributed by atoms with E-state index in [1.807, 2.05) is 49.5 Å². The second kappa shape index (κ2) is 5.84. The van der Waals surface area contributed by atoms with E-state index in [9.17, 15) is 0 Å². The van der Waals surface area contributed by atoms with Crippen LogP contribution >= 0.6 is 0 Å². The van der Waals surface area contributed by atoms with Crippen LogP contribution in [0.3, 0.4) is 0 Å². The number of aryl methyl sites for hydroxylation is 1. The number of pyridine rings is 1. The van der Waals surface area contributed by atoms with Gasteiger partial charge in [0.25, 0.3) is 0 Å². The minimum absolute atomic E-state index is 0.124. The molecule has 0 spiro atoms. The van der Waals surface area contributed by atoms with Gasteiger partial charge in [0.1, 0.15) is 6.10 Å². The highest BCUT2D eigenvalue weighted by Crippen LogP contribution is 2.31. The monoisotopic (exact) mass is 279 g/mol. The van der Waals surface area contributed by atoms with Gasteiger partial charge < -0.3 is 9.64 Å². The van der Waals surface area contributed by atoms with Crippen LogP contribution in [-0.4, -0.2) is 24.2 Å². The number of nitrogens with zero attached hydrogens (tertiary/aromatic N) is 3. The Balaban J connectivity index is 1.68. The highest BCUT2D eigenvalue weighted by molar-refractivity contribution is 5.71. The number of hydrogen-bond acceptors (Lipinski definition) is 3. The zero-order valence-corrected chi connectivity index (χ0v) is 12.0. The number of aromatic nitrogens is 1. The van der Waals surface area contributed by atoms with Crippen molar-refractivity contribution in [3.8, 4) is 5.88 Å². The SMILES string of the molecule is [C-]#[N+]c1ccccc1N1CC[C@H](Oc2ccc(C)cn2)C1. The molecule has 0 N–H and O–H groups in total. The Hall–Kier alpha value is -2.54. The van der Waals surface area contributed by atoms with E-state index in [0.29, 0.717) is 11.6 Å². The molecule has 4 nitrogen and oxygen atoms in total. The van der Waals surface area contributed by atoms with Gasteiger partial charge in [-0.25, -0.2) is 9.83 Å². The van der Waals surface area contributed by atoms with E-state index in [1.54, 1.807) is 0 Å². The van der Waals surface area contributed by atoms with Crippen LogP contribution < -0.4 is 9.64 Å². The second-order valence-electron chi connectivity index (χ2n) is 5.25. The molecule has 1 aliphatic rings. The lowest BCUT2D eigenvalue weighted by molar-refractivity contribution is 0.216. The summed E-state index contributed by atoms with van der Waals surface area (Å²) < 4.78 is 5.93. The van der Waals surface area contributed by atoms with Gasteiger partial charge >= 0.3 is 0 Å². The predicted molar refractivity (Wildman–Crippen MR) is 82.9 cm³/mol. The topological polar surface area (TPSA) is 29.7 Å². The molecular formula is C17H17N3O. The molecule has 0 unspecified atom stereocenters. The van der Waals surface area contributed by atoms with Crippen LogP contribution in [0.25, 0.3) is 4.85 Å². The molecule has 3 rings (SSSR count). The minimum Gasteiger partial charge on any atom is -0.472 e. The zero-order valence-electron chi connectivity index (χ0n) is 12.0. The first-order valence-electron chi connectivity index (χ1n) is 7.07. The Labute approximate surface area is 124 Å². The summed E-state index contributed by atoms with van der Waals surface area (Å²) in [7, 11) is 0. The number of hydrogen-bond donors (Lipinski definition) is 0. The van der Waals surface area contributed by atoms with Gasteiger partial charge in [-0.1, -0.05) is 24.3 Å². The highest BCUT2D eigenvalue weighted by Gasteiger charge is 2.25. The van der Waals surface area contributed by atoms with E-state index in [4.69, 9.17) is 11.3 Å². The molecule has 1 aromatic carbocycles. The van der Waals surface area contributed by atoms with Gasteiger partial charge in [-0.05, 0) is 18.6 Å². The molecule has 1 atom stereocenters. The van der Waals surface area contributed by atoms with Crippen LogP contribution in [0.5, 0.6) is 5.88 Å². The smallest absolute Gasteiger partial charge is 0.213 e. The summed E-state index contributed by atoms with van der Waals surface area (Å²) in [5, 5.41) is 0. The van der Waals surface area contributed by atoms with E-state index in [1.165, 1.54) is 0 Å². The predicted octanol–water partition coefficient (Wildman–Crippen LogP) is 3.60. The third kappa shape index (κ3) is 2.97. The van der Waals surface area contributed by atoms with Gasteiger partial charge in [0.05, 0.1) is 13.1 Å². The average molecular weight is 279 g/mol. The molecule has 4 heteroatoms. The third-order valence-corrected chi connectivity index (χ3v) is 3.66. The van der Waals surface area contributed by atoms with Crippen LogP contribution in [-0.2, 0) is 0 Å². The zero-order chi connectivity index (χ0) is 14.7. The molecule has 0 aliphatic carbocycles. The van der Waals surface area contributed by atoms with E-state index in [0.717, 1.165) is 30.8 Å². The standard InChI is InChI=1S/C17H17N3O/c1-13-7-8-17(19-11-13)21-14-9-10-20(12-14)16-6-4-3-5-15(16)18-2/h3-8,11,14H,9-10,12H2,1H3/t14-/m0/s1. The number of para-hydroxylation sites is 2. The van der Waals surface area contributed by atoms with Gasteiger partial charge in [-0.2, -0.15) is 0 Å². The van der Waals surface area contributed by atoms with E-state index in [2.05, 4.69) is 14.7 Å². The Morgan fingerprint density at radius 3 is 2.90 bits per heavy atom. The van der Waals surface area contributed by atoms with Crippen molar-refractivity contribution in [3.05, 3.63) is 59.6 Å². The average Bonchev–Trinajstić information content (AvgIpc) is 2.98. The molecule has 0 radical (unpaired) electrons. The van der Waals surface area contributed by atoms with Crippen molar-refractivity contribution in [1.82, 2.24) is 4.98 Å². The van der Waals surface area contributed by atoms with Crippen LogP contribution in [0.1, 0.15) is 12.0 Å². The molecule has 1 fully saturated rings. The first-order chi connectivity index (χ1) is 10.3. The van der Waals surface area contributed by atoms with Gasteiger partial charge in [0.2, 0.25) is 11.6 Å². The van der Waals surface area contributed by atoms with Crippen molar-refractivity contribution < 1.29 is 4.74 Å². The molecule has 1 aliphatic heterocycles. The molecule has 2 aromatic rings. The fourth-order valence-corrected chi connectivity index (χ4v) is 2.56. The summed E-state index contributed by atoms with van der Waals surface area (Å²) in [6.07, 6.45) is 2.89. The minimum atomic E-state index is 0.124. The largest absolute Gasteiger partial charge is 0.472 e. The van der Waals surface area contributed by atoms with Gasteiger partial charge in [0, 0.05) is 30.9 Å². The van der Waals surface area contributed by atoms with Crippen molar-refractivity contribution in [2.75, 3.05) is 18.0 Å².